The van der Waals surface area contributed by atoms with Crippen LogP contribution in [0.15, 0.2) is 36.8 Å². The SMILES string of the molecule is CNc1cc2ncc(-c3cc(NC(=O)c4n[nH]c5c4CCCC5)cnc3C)cc2cn1. The monoisotopic (exact) mass is 413 g/mol. The molecule has 0 spiro atoms. The lowest BCUT2D eigenvalue weighted by Crippen LogP contribution is -2.16. The van der Waals surface area contributed by atoms with Crippen molar-refractivity contribution in [3.63, 3.8) is 0 Å². The van der Waals surface area contributed by atoms with Crippen molar-refractivity contribution >= 4 is 28.3 Å². The molecule has 3 N–H and O–H groups in total. The molecule has 1 amide bonds. The highest BCUT2D eigenvalue weighted by Gasteiger charge is 2.22. The van der Waals surface area contributed by atoms with Gasteiger partial charge in [0.25, 0.3) is 5.91 Å². The molecule has 0 aromatic carbocycles. The Kier molecular flexibility index (Phi) is 4.82. The minimum absolute atomic E-state index is 0.212. The zero-order valence-electron chi connectivity index (χ0n) is 17.5. The van der Waals surface area contributed by atoms with E-state index in [4.69, 9.17) is 0 Å². The number of nitrogens with zero attached hydrogens (tertiary/aromatic N) is 4. The van der Waals surface area contributed by atoms with E-state index < -0.39 is 0 Å². The van der Waals surface area contributed by atoms with Gasteiger partial charge in [-0.05, 0) is 44.7 Å². The predicted octanol–water partition coefficient (Wildman–Crippen LogP) is 3.90. The molecule has 0 bridgehead atoms. The number of H-pyrrole nitrogens is 1. The number of carbonyl (C=O) groups excluding carboxylic acids is 1. The highest BCUT2D eigenvalue weighted by Crippen LogP contribution is 2.28. The predicted molar refractivity (Wildman–Crippen MR) is 120 cm³/mol. The average Bonchev–Trinajstić information content (AvgIpc) is 3.24. The molecule has 0 saturated carbocycles. The molecular formula is C23H23N7O. The van der Waals surface area contributed by atoms with Gasteiger partial charge in [-0.25, -0.2) is 4.98 Å². The largest absolute Gasteiger partial charge is 0.373 e. The number of amides is 1. The number of aryl methyl sites for hydroxylation is 2. The molecular weight excluding hydrogens is 390 g/mol. The fourth-order valence-corrected chi connectivity index (χ4v) is 4.06. The Balaban J connectivity index is 1.45. The van der Waals surface area contributed by atoms with Crippen LogP contribution in [0.25, 0.3) is 22.0 Å². The van der Waals surface area contributed by atoms with Gasteiger partial charge < -0.3 is 10.6 Å². The molecule has 0 fully saturated rings. The highest BCUT2D eigenvalue weighted by molar-refractivity contribution is 6.04. The Morgan fingerprint density at radius 3 is 2.77 bits per heavy atom. The lowest BCUT2D eigenvalue weighted by molar-refractivity contribution is 0.102. The molecule has 0 unspecified atom stereocenters. The molecule has 0 atom stereocenters. The normalized spacial score (nSPS) is 13.1. The highest BCUT2D eigenvalue weighted by atomic mass is 16.1. The van der Waals surface area contributed by atoms with Crippen molar-refractivity contribution in [2.75, 3.05) is 17.7 Å². The fourth-order valence-electron chi connectivity index (χ4n) is 4.06. The van der Waals surface area contributed by atoms with Gasteiger partial charge in [0.05, 0.1) is 17.4 Å². The van der Waals surface area contributed by atoms with Crippen molar-refractivity contribution in [1.29, 1.82) is 0 Å². The van der Waals surface area contributed by atoms with Crippen molar-refractivity contribution in [2.45, 2.75) is 32.6 Å². The zero-order valence-corrected chi connectivity index (χ0v) is 17.5. The van der Waals surface area contributed by atoms with Crippen molar-refractivity contribution in [2.24, 2.45) is 0 Å². The van der Waals surface area contributed by atoms with Crippen LogP contribution >= 0.6 is 0 Å². The maximum atomic E-state index is 12.9. The van der Waals surface area contributed by atoms with E-state index in [9.17, 15) is 4.79 Å². The first kappa shape index (κ1) is 19.2. The molecule has 1 aliphatic carbocycles. The molecule has 1 aliphatic rings. The van der Waals surface area contributed by atoms with Crippen LogP contribution in [0.3, 0.4) is 0 Å². The van der Waals surface area contributed by atoms with Crippen LogP contribution in [0, 0.1) is 6.92 Å². The smallest absolute Gasteiger partial charge is 0.276 e. The second-order valence-corrected chi connectivity index (χ2v) is 7.78. The van der Waals surface area contributed by atoms with E-state index in [1.165, 1.54) is 0 Å². The molecule has 4 aromatic heterocycles. The average molecular weight is 413 g/mol. The van der Waals surface area contributed by atoms with E-state index in [0.717, 1.165) is 70.5 Å². The number of hydrogen-bond acceptors (Lipinski definition) is 6. The summed E-state index contributed by atoms with van der Waals surface area (Å²) in [6.07, 6.45) is 9.35. The summed E-state index contributed by atoms with van der Waals surface area (Å²) in [5, 5.41) is 14.2. The second kappa shape index (κ2) is 7.79. The van der Waals surface area contributed by atoms with Crippen LogP contribution in [0.4, 0.5) is 11.5 Å². The van der Waals surface area contributed by atoms with Gasteiger partial charge >= 0.3 is 0 Å². The van der Waals surface area contributed by atoms with Gasteiger partial charge in [-0.15, -0.1) is 0 Å². The molecule has 0 aliphatic heterocycles. The lowest BCUT2D eigenvalue weighted by Gasteiger charge is -2.12. The second-order valence-electron chi connectivity index (χ2n) is 7.78. The van der Waals surface area contributed by atoms with Crippen molar-refractivity contribution < 1.29 is 4.79 Å². The minimum atomic E-state index is -0.212. The summed E-state index contributed by atoms with van der Waals surface area (Å²) in [6, 6.07) is 5.87. The number of carbonyl (C=O) groups is 1. The Labute approximate surface area is 179 Å². The Morgan fingerprint density at radius 1 is 1.03 bits per heavy atom. The van der Waals surface area contributed by atoms with E-state index in [1.807, 2.05) is 38.4 Å². The number of pyridine rings is 3. The minimum Gasteiger partial charge on any atom is -0.373 e. The zero-order chi connectivity index (χ0) is 21.4. The summed E-state index contributed by atoms with van der Waals surface area (Å²) < 4.78 is 0. The summed E-state index contributed by atoms with van der Waals surface area (Å²) in [5.41, 5.74) is 6.78. The van der Waals surface area contributed by atoms with E-state index in [2.05, 4.69) is 35.8 Å². The number of hydrogen-bond donors (Lipinski definition) is 3. The van der Waals surface area contributed by atoms with E-state index in [-0.39, 0.29) is 5.91 Å². The number of rotatable bonds is 4. The van der Waals surface area contributed by atoms with Gasteiger partial charge in [-0.3, -0.25) is 19.9 Å². The molecule has 4 aromatic rings. The molecule has 31 heavy (non-hydrogen) atoms. The number of fused-ring (bicyclic) bond motifs is 2. The molecule has 0 radical (unpaired) electrons. The summed E-state index contributed by atoms with van der Waals surface area (Å²) in [4.78, 5) is 26.3. The fraction of sp³-hybridized carbons (Fsp3) is 0.261. The molecule has 4 heterocycles. The first-order valence-electron chi connectivity index (χ1n) is 10.4. The number of aromatic nitrogens is 5. The Morgan fingerprint density at radius 2 is 1.90 bits per heavy atom. The van der Waals surface area contributed by atoms with Crippen molar-refractivity contribution in [3.8, 4) is 11.1 Å². The van der Waals surface area contributed by atoms with Gasteiger partial charge in [0.1, 0.15) is 5.82 Å². The first-order chi connectivity index (χ1) is 15.1. The summed E-state index contributed by atoms with van der Waals surface area (Å²) in [6.45, 7) is 1.94. The maximum absolute atomic E-state index is 12.9. The van der Waals surface area contributed by atoms with Crippen molar-refractivity contribution in [1.82, 2.24) is 25.1 Å². The van der Waals surface area contributed by atoms with Gasteiger partial charge in [0, 0.05) is 59.0 Å². The van der Waals surface area contributed by atoms with Gasteiger partial charge in [-0.2, -0.15) is 5.10 Å². The standard InChI is InChI=1S/C23H23N7O/c1-13-18(14-7-15-11-27-21(24-2)9-20(15)26-10-14)8-16(12-25-13)28-23(31)22-17-5-3-4-6-19(17)29-30-22/h7-12H,3-6H2,1-2H3,(H,24,27)(H,28,31)(H,29,30). The van der Waals surface area contributed by atoms with Crippen molar-refractivity contribution in [3.05, 3.63) is 59.4 Å². The number of aromatic amines is 1. The van der Waals surface area contributed by atoms with Crippen LogP contribution in [-0.4, -0.2) is 38.1 Å². The van der Waals surface area contributed by atoms with Crippen LogP contribution in [0.5, 0.6) is 0 Å². The third-order valence-corrected chi connectivity index (χ3v) is 5.75. The van der Waals surface area contributed by atoms with Crippen LogP contribution in [0.1, 0.15) is 40.3 Å². The summed E-state index contributed by atoms with van der Waals surface area (Å²) >= 11 is 0. The molecule has 0 saturated heterocycles. The van der Waals surface area contributed by atoms with Crippen LogP contribution in [-0.2, 0) is 12.8 Å². The summed E-state index contributed by atoms with van der Waals surface area (Å²) in [7, 11) is 1.83. The topological polar surface area (TPSA) is 108 Å². The molecule has 156 valence electrons. The molecule has 8 nitrogen and oxygen atoms in total. The molecule has 5 rings (SSSR count). The van der Waals surface area contributed by atoms with Gasteiger partial charge in [-0.1, -0.05) is 0 Å². The third-order valence-electron chi connectivity index (χ3n) is 5.75. The Bertz CT molecular complexity index is 1290. The van der Waals surface area contributed by atoms with Crippen LogP contribution < -0.4 is 10.6 Å². The maximum Gasteiger partial charge on any atom is 0.276 e. The lowest BCUT2D eigenvalue weighted by atomic mass is 9.96. The third kappa shape index (κ3) is 3.61. The summed E-state index contributed by atoms with van der Waals surface area (Å²) in [5.74, 6) is 0.562. The van der Waals surface area contributed by atoms with E-state index >= 15 is 0 Å². The Hall–Kier alpha value is -3.81. The first-order valence-corrected chi connectivity index (χ1v) is 10.4. The number of anilines is 2. The van der Waals surface area contributed by atoms with Gasteiger partial charge in [0.2, 0.25) is 0 Å². The molecule has 8 heteroatoms. The quantitative estimate of drug-likeness (QED) is 0.468. The van der Waals surface area contributed by atoms with Crippen LogP contribution in [0.2, 0.25) is 0 Å². The van der Waals surface area contributed by atoms with E-state index in [0.29, 0.717) is 11.4 Å². The van der Waals surface area contributed by atoms with Gasteiger partial charge in [0.15, 0.2) is 5.69 Å². The number of nitrogens with one attached hydrogen (secondary N) is 3. The van der Waals surface area contributed by atoms with E-state index in [1.54, 1.807) is 12.4 Å².